The molecule has 0 saturated carbocycles. The zero-order valence-corrected chi connectivity index (χ0v) is 13.3. The smallest absolute Gasteiger partial charge is 0.422 e. The van der Waals surface area contributed by atoms with Crippen LogP contribution in [0.4, 0.5) is 13.2 Å². The van der Waals surface area contributed by atoms with Crippen LogP contribution in [0.1, 0.15) is 37.7 Å². The number of hydrogen-bond donors (Lipinski definition) is 2. The van der Waals surface area contributed by atoms with Crippen LogP contribution in [0.25, 0.3) is 0 Å². The fourth-order valence-corrected chi connectivity index (χ4v) is 2.11. The van der Waals surface area contributed by atoms with E-state index in [-0.39, 0.29) is 23.4 Å². The summed E-state index contributed by atoms with van der Waals surface area (Å²) in [6.07, 6.45) is -3.26. The summed E-state index contributed by atoms with van der Waals surface area (Å²) in [6.45, 7) is 4.11. The van der Waals surface area contributed by atoms with Gasteiger partial charge in [0.2, 0.25) is 0 Å². The number of nitrogens with one attached hydrogen (secondary N) is 1. The van der Waals surface area contributed by atoms with Gasteiger partial charge in [0, 0.05) is 12.7 Å². The monoisotopic (exact) mass is 334 g/mol. The summed E-state index contributed by atoms with van der Waals surface area (Å²) in [5.41, 5.74) is -0.574. The van der Waals surface area contributed by atoms with E-state index in [4.69, 9.17) is 0 Å². The molecule has 0 aliphatic rings. The van der Waals surface area contributed by atoms with Crippen LogP contribution in [0.3, 0.4) is 0 Å². The number of carbonyl (C=O) groups is 1. The second-order valence-corrected chi connectivity index (χ2v) is 6.15. The molecular formula is C15H21F3N2O3. The highest BCUT2D eigenvalue weighted by Crippen LogP contribution is 2.23. The number of alkyl halides is 3. The Labute approximate surface area is 132 Å². The first-order valence-corrected chi connectivity index (χ1v) is 7.11. The molecule has 1 atom stereocenters. The molecule has 1 amide bonds. The van der Waals surface area contributed by atoms with Gasteiger partial charge < -0.3 is 15.2 Å². The van der Waals surface area contributed by atoms with Crippen molar-refractivity contribution in [3.05, 3.63) is 24.0 Å². The van der Waals surface area contributed by atoms with Crippen LogP contribution in [0.15, 0.2) is 18.3 Å². The first-order chi connectivity index (χ1) is 10.5. The number of halogens is 3. The van der Waals surface area contributed by atoms with Gasteiger partial charge in [-0.2, -0.15) is 13.2 Å². The van der Waals surface area contributed by atoms with Gasteiger partial charge in [-0.3, -0.25) is 4.79 Å². The highest BCUT2D eigenvalue weighted by atomic mass is 19.4. The van der Waals surface area contributed by atoms with Crippen LogP contribution >= 0.6 is 0 Å². The number of hydrogen-bond acceptors (Lipinski definition) is 4. The van der Waals surface area contributed by atoms with Gasteiger partial charge in [-0.25, -0.2) is 4.98 Å². The minimum atomic E-state index is -4.50. The molecule has 8 heteroatoms. The number of ether oxygens (including phenoxy) is 1. The first kappa shape index (κ1) is 19.2. The van der Waals surface area contributed by atoms with E-state index in [1.165, 1.54) is 18.3 Å². The molecule has 130 valence electrons. The van der Waals surface area contributed by atoms with E-state index in [9.17, 15) is 23.1 Å². The Kier molecular flexibility index (Phi) is 6.37. The van der Waals surface area contributed by atoms with Crippen LogP contribution in [0, 0.1) is 5.41 Å². The van der Waals surface area contributed by atoms with Crippen LogP contribution < -0.4 is 10.1 Å². The molecule has 1 heterocycles. The largest absolute Gasteiger partial charge is 0.482 e. The molecule has 1 rings (SSSR count). The van der Waals surface area contributed by atoms with Crippen molar-refractivity contribution < 1.29 is 27.8 Å². The molecule has 0 saturated heterocycles. The molecule has 0 aromatic carbocycles. The summed E-state index contributed by atoms with van der Waals surface area (Å²) in [5.74, 6) is -0.850. The van der Waals surface area contributed by atoms with Gasteiger partial charge >= 0.3 is 6.18 Å². The zero-order chi connectivity index (χ0) is 17.7. The normalized spacial score (nSPS) is 13.5. The summed E-state index contributed by atoms with van der Waals surface area (Å²) in [6, 6.07) is 2.65. The average Bonchev–Trinajstić information content (AvgIpc) is 2.41. The van der Waals surface area contributed by atoms with Gasteiger partial charge in [0.1, 0.15) is 0 Å². The summed E-state index contributed by atoms with van der Waals surface area (Å²) >= 11 is 0. The maximum Gasteiger partial charge on any atom is 0.422 e. The summed E-state index contributed by atoms with van der Waals surface area (Å²) in [7, 11) is 0. The van der Waals surface area contributed by atoms with Gasteiger partial charge in [0.05, 0.1) is 6.10 Å². The highest BCUT2D eigenvalue weighted by molar-refractivity contribution is 5.94. The molecular weight excluding hydrogens is 313 g/mol. The van der Waals surface area contributed by atoms with Crippen LogP contribution in [0.5, 0.6) is 5.75 Å². The zero-order valence-electron chi connectivity index (χ0n) is 13.3. The third-order valence-electron chi connectivity index (χ3n) is 2.95. The molecule has 23 heavy (non-hydrogen) atoms. The maximum atomic E-state index is 12.2. The van der Waals surface area contributed by atoms with Gasteiger partial charge in [0.25, 0.3) is 5.91 Å². The van der Waals surface area contributed by atoms with Gasteiger partial charge in [0.15, 0.2) is 18.1 Å². The van der Waals surface area contributed by atoms with Gasteiger partial charge in [-0.05, 0) is 30.9 Å². The topological polar surface area (TPSA) is 71.5 Å². The van der Waals surface area contributed by atoms with Crippen molar-refractivity contribution in [3.63, 3.8) is 0 Å². The Balaban J connectivity index is 2.73. The van der Waals surface area contributed by atoms with Crippen LogP contribution in [-0.2, 0) is 0 Å². The van der Waals surface area contributed by atoms with Crippen LogP contribution in [0.2, 0.25) is 0 Å². The van der Waals surface area contributed by atoms with E-state index in [1.54, 1.807) is 6.92 Å². The molecule has 1 aromatic rings. The van der Waals surface area contributed by atoms with Crippen molar-refractivity contribution in [1.29, 1.82) is 0 Å². The minimum Gasteiger partial charge on any atom is -0.482 e. The lowest BCUT2D eigenvalue weighted by Gasteiger charge is -2.26. The third-order valence-corrected chi connectivity index (χ3v) is 2.95. The van der Waals surface area contributed by atoms with Crippen molar-refractivity contribution in [3.8, 4) is 5.75 Å². The number of carbonyl (C=O) groups excluding carboxylic acids is 1. The molecule has 0 radical (unpaired) electrons. The highest BCUT2D eigenvalue weighted by Gasteiger charge is 2.29. The van der Waals surface area contributed by atoms with E-state index >= 15 is 0 Å². The number of amides is 1. The standard InChI is InChI=1S/C15H21F3N2O3/c1-10(21)7-14(2,3)8-20-13(22)12-11(5-4-6-19-12)23-9-15(16,17)18/h4-6,10,21H,7-9H2,1-3H3,(H,20,22). The average molecular weight is 334 g/mol. The van der Waals surface area contributed by atoms with Crippen molar-refractivity contribution in [1.82, 2.24) is 10.3 Å². The number of aliphatic hydroxyl groups excluding tert-OH is 1. The van der Waals surface area contributed by atoms with Crippen molar-refractivity contribution in [2.24, 2.45) is 5.41 Å². The molecule has 1 aromatic heterocycles. The summed E-state index contributed by atoms with van der Waals surface area (Å²) in [5, 5.41) is 12.0. The molecule has 0 fully saturated rings. The third kappa shape index (κ3) is 7.32. The predicted molar refractivity (Wildman–Crippen MR) is 78.2 cm³/mol. The SMILES string of the molecule is CC(O)CC(C)(C)CNC(=O)c1ncccc1OCC(F)(F)F. The fraction of sp³-hybridized carbons (Fsp3) is 0.600. The predicted octanol–water partition coefficient (Wildman–Crippen LogP) is 2.55. The van der Waals surface area contributed by atoms with Crippen molar-refractivity contribution in [2.75, 3.05) is 13.2 Å². The first-order valence-electron chi connectivity index (χ1n) is 7.11. The number of aliphatic hydroxyl groups is 1. The maximum absolute atomic E-state index is 12.2. The molecule has 0 aliphatic heterocycles. The molecule has 1 unspecified atom stereocenters. The quantitative estimate of drug-likeness (QED) is 0.804. The molecule has 0 spiro atoms. The molecule has 2 N–H and O–H groups in total. The van der Waals surface area contributed by atoms with Crippen LogP contribution in [-0.4, -0.2) is 41.4 Å². The van der Waals surface area contributed by atoms with Gasteiger partial charge in [-0.15, -0.1) is 0 Å². The lowest BCUT2D eigenvalue weighted by atomic mass is 9.87. The second kappa shape index (κ2) is 7.63. The van der Waals surface area contributed by atoms with Crippen molar-refractivity contribution >= 4 is 5.91 Å². The number of aromatic nitrogens is 1. The number of nitrogens with zero attached hydrogens (tertiary/aromatic N) is 1. The van der Waals surface area contributed by atoms with E-state index in [2.05, 4.69) is 15.0 Å². The Morgan fingerprint density at radius 2 is 2.09 bits per heavy atom. The second-order valence-electron chi connectivity index (χ2n) is 6.15. The number of rotatable bonds is 7. The lowest BCUT2D eigenvalue weighted by Crippen LogP contribution is -2.36. The Bertz CT molecular complexity index is 531. The van der Waals surface area contributed by atoms with E-state index in [1.807, 2.05) is 13.8 Å². The number of pyridine rings is 1. The van der Waals surface area contributed by atoms with Gasteiger partial charge in [-0.1, -0.05) is 13.8 Å². The lowest BCUT2D eigenvalue weighted by molar-refractivity contribution is -0.153. The Hall–Kier alpha value is -1.83. The Morgan fingerprint density at radius 3 is 2.65 bits per heavy atom. The van der Waals surface area contributed by atoms with E-state index in [0.29, 0.717) is 6.42 Å². The summed E-state index contributed by atoms with van der Waals surface area (Å²) < 4.78 is 41.3. The molecule has 0 aliphatic carbocycles. The summed E-state index contributed by atoms with van der Waals surface area (Å²) in [4.78, 5) is 15.9. The fourth-order valence-electron chi connectivity index (χ4n) is 2.11. The Morgan fingerprint density at radius 1 is 1.43 bits per heavy atom. The molecule has 5 nitrogen and oxygen atoms in total. The van der Waals surface area contributed by atoms with E-state index < -0.39 is 24.8 Å². The van der Waals surface area contributed by atoms with Crippen molar-refractivity contribution in [2.45, 2.75) is 39.5 Å². The molecule has 0 bridgehead atoms. The minimum absolute atomic E-state index is 0.204. The van der Waals surface area contributed by atoms with E-state index in [0.717, 1.165) is 0 Å².